The highest BCUT2D eigenvalue weighted by Crippen LogP contribution is 2.25. The predicted octanol–water partition coefficient (Wildman–Crippen LogP) is 2.30. The van der Waals surface area contributed by atoms with Crippen molar-refractivity contribution in [3.8, 4) is 11.8 Å². The Kier molecular flexibility index (Phi) is 4.41. The fraction of sp³-hybridized carbons (Fsp3) is 0.364. The van der Waals surface area contributed by atoms with Crippen LogP contribution in [-0.2, 0) is 0 Å². The molecule has 0 fully saturated rings. The lowest BCUT2D eigenvalue weighted by Gasteiger charge is -2.11. The number of hydrogen-bond donors (Lipinski definition) is 1. The van der Waals surface area contributed by atoms with Gasteiger partial charge in [0.2, 0.25) is 0 Å². The lowest BCUT2D eigenvalue weighted by molar-refractivity contribution is 0.111. The van der Waals surface area contributed by atoms with Gasteiger partial charge in [-0.3, -0.25) is 0 Å². The zero-order valence-corrected chi connectivity index (χ0v) is 9.16. The maximum Gasteiger partial charge on any atom is 0.138 e. The molecule has 1 N–H and O–H groups in total. The molecule has 1 unspecified atom stereocenters. The van der Waals surface area contributed by atoms with Gasteiger partial charge in [-0.25, -0.2) is 0 Å². The number of rotatable bonds is 4. The van der Waals surface area contributed by atoms with Gasteiger partial charge >= 0.3 is 0 Å². The van der Waals surface area contributed by atoms with Gasteiger partial charge in [-0.05, 0) is 24.6 Å². The van der Waals surface area contributed by atoms with Crippen LogP contribution in [0.3, 0.4) is 0 Å². The number of aliphatic hydroxyl groups excluding tert-OH is 1. The van der Waals surface area contributed by atoms with Gasteiger partial charge in [0.05, 0.1) is 17.5 Å². The van der Waals surface area contributed by atoms with Crippen LogP contribution in [0.15, 0.2) is 18.2 Å². The van der Waals surface area contributed by atoms with Crippen molar-refractivity contribution in [3.63, 3.8) is 0 Å². The van der Waals surface area contributed by atoms with E-state index in [0.717, 1.165) is 5.56 Å². The zero-order valence-electron chi connectivity index (χ0n) is 8.40. The largest absolute Gasteiger partial charge is 0.489 e. The number of ether oxygens (including phenoxy) is 1. The minimum atomic E-state index is -0.772. The van der Waals surface area contributed by atoms with Gasteiger partial charge in [0.25, 0.3) is 0 Å². The minimum absolute atomic E-state index is 0.0590. The number of hydrogen-bond acceptors (Lipinski definition) is 3. The normalized spacial score (nSPS) is 11.9. The van der Waals surface area contributed by atoms with Crippen molar-refractivity contribution >= 4 is 11.6 Å². The molecule has 0 aliphatic rings. The van der Waals surface area contributed by atoms with Crippen molar-refractivity contribution in [2.24, 2.45) is 0 Å². The first-order valence-electron chi connectivity index (χ1n) is 4.57. The van der Waals surface area contributed by atoms with E-state index in [1.54, 1.807) is 12.1 Å². The van der Waals surface area contributed by atoms with Gasteiger partial charge in [-0.15, -0.1) is 0 Å². The zero-order chi connectivity index (χ0) is 11.3. The molecule has 15 heavy (non-hydrogen) atoms. The summed E-state index contributed by atoms with van der Waals surface area (Å²) in [6.45, 7) is 2.01. The van der Waals surface area contributed by atoms with Crippen LogP contribution in [0.1, 0.15) is 12.0 Å². The molecule has 1 aromatic carbocycles. The molecule has 0 radical (unpaired) electrons. The fourth-order valence-electron chi connectivity index (χ4n) is 1.07. The van der Waals surface area contributed by atoms with Crippen LogP contribution < -0.4 is 4.74 Å². The molecule has 4 heteroatoms. The number of aryl methyl sites for hydroxylation is 1. The van der Waals surface area contributed by atoms with Crippen molar-refractivity contribution in [2.45, 2.75) is 19.4 Å². The highest BCUT2D eigenvalue weighted by atomic mass is 35.5. The van der Waals surface area contributed by atoms with Crippen LogP contribution in [0, 0.1) is 18.3 Å². The molecule has 80 valence electrons. The predicted molar refractivity (Wildman–Crippen MR) is 57.9 cm³/mol. The summed E-state index contributed by atoms with van der Waals surface area (Å²) in [6.07, 6.45) is -0.713. The molecular weight excluding hydrogens is 214 g/mol. The van der Waals surface area contributed by atoms with E-state index in [1.807, 2.05) is 19.1 Å². The first kappa shape index (κ1) is 11.8. The van der Waals surface area contributed by atoms with Crippen molar-refractivity contribution in [1.29, 1.82) is 5.26 Å². The molecule has 0 saturated heterocycles. The second-order valence-electron chi connectivity index (χ2n) is 3.26. The molecule has 0 amide bonds. The van der Waals surface area contributed by atoms with Gasteiger partial charge in [0.15, 0.2) is 0 Å². The third kappa shape index (κ3) is 3.78. The van der Waals surface area contributed by atoms with Crippen LogP contribution in [-0.4, -0.2) is 17.8 Å². The summed E-state index contributed by atoms with van der Waals surface area (Å²) in [5.74, 6) is 0.536. The first-order valence-corrected chi connectivity index (χ1v) is 4.95. The van der Waals surface area contributed by atoms with E-state index in [0.29, 0.717) is 10.8 Å². The maximum absolute atomic E-state index is 9.28. The Balaban J connectivity index is 2.57. The second-order valence-corrected chi connectivity index (χ2v) is 3.67. The van der Waals surface area contributed by atoms with Gasteiger partial charge in [-0.2, -0.15) is 5.26 Å². The summed E-state index contributed by atoms with van der Waals surface area (Å²) in [5, 5.41) is 18.1. The van der Waals surface area contributed by atoms with E-state index in [9.17, 15) is 5.11 Å². The topological polar surface area (TPSA) is 53.2 Å². The summed E-state index contributed by atoms with van der Waals surface area (Å²) in [6, 6.07) is 7.27. The third-order valence-corrected chi connectivity index (χ3v) is 2.16. The van der Waals surface area contributed by atoms with E-state index < -0.39 is 6.10 Å². The second kappa shape index (κ2) is 5.59. The van der Waals surface area contributed by atoms with Crippen molar-refractivity contribution < 1.29 is 9.84 Å². The summed E-state index contributed by atoms with van der Waals surface area (Å²) in [4.78, 5) is 0. The smallest absolute Gasteiger partial charge is 0.138 e. The molecule has 0 saturated carbocycles. The van der Waals surface area contributed by atoms with E-state index >= 15 is 0 Å². The monoisotopic (exact) mass is 225 g/mol. The molecular formula is C11H12ClNO2. The van der Waals surface area contributed by atoms with E-state index in [1.165, 1.54) is 0 Å². The number of benzene rings is 1. The molecule has 0 spiro atoms. The average Bonchev–Trinajstić information content (AvgIpc) is 2.20. The van der Waals surface area contributed by atoms with E-state index in [4.69, 9.17) is 21.6 Å². The van der Waals surface area contributed by atoms with Crippen LogP contribution in [0.25, 0.3) is 0 Å². The summed E-state index contributed by atoms with van der Waals surface area (Å²) >= 11 is 5.89. The Morgan fingerprint density at radius 2 is 2.33 bits per heavy atom. The molecule has 0 aliphatic heterocycles. The SMILES string of the molecule is Cc1ccc(Cl)c(OCC(O)CC#N)c1. The number of nitrogens with zero attached hydrogens (tertiary/aromatic N) is 1. The Morgan fingerprint density at radius 1 is 1.60 bits per heavy atom. The van der Waals surface area contributed by atoms with E-state index in [-0.39, 0.29) is 13.0 Å². The molecule has 0 bridgehead atoms. The molecule has 1 aromatic rings. The van der Waals surface area contributed by atoms with Gasteiger partial charge in [0.1, 0.15) is 18.5 Å². The minimum Gasteiger partial charge on any atom is -0.489 e. The molecule has 1 rings (SSSR count). The quantitative estimate of drug-likeness (QED) is 0.856. The summed E-state index contributed by atoms with van der Waals surface area (Å²) in [5.41, 5.74) is 1.03. The van der Waals surface area contributed by atoms with Crippen LogP contribution in [0.2, 0.25) is 5.02 Å². The average molecular weight is 226 g/mol. The van der Waals surface area contributed by atoms with Crippen molar-refractivity contribution in [1.82, 2.24) is 0 Å². The van der Waals surface area contributed by atoms with Crippen molar-refractivity contribution in [2.75, 3.05) is 6.61 Å². The van der Waals surface area contributed by atoms with Crippen LogP contribution >= 0.6 is 11.6 Å². The number of halogens is 1. The van der Waals surface area contributed by atoms with Crippen molar-refractivity contribution in [3.05, 3.63) is 28.8 Å². The maximum atomic E-state index is 9.28. The highest BCUT2D eigenvalue weighted by molar-refractivity contribution is 6.32. The molecule has 3 nitrogen and oxygen atoms in total. The lowest BCUT2D eigenvalue weighted by Crippen LogP contribution is -2.16. The lowest BCUT2D eigenvalue weighted by atomic mass is 10.2. The highest BCUT2D eigenvalue weighted by Gasteiger charge is 2.06. The Hall–Kier alpha value is -1.24. The van der Waals surface area contributed by atoms with Crippen LogP contribution in [0.5, 0.6) is 5.75 Å². The van der Waals surface area contributed by atoms with Gasteiger partial charge in [0, 0.05) is 0 Å². The first-order chi connectivity index (χ1) is 7.13. The Labute approximate surface area is 93.9 Å². The molecule has 1 atom stereocenters. The number of nitriles is 1. The Bertz CT molecular complexity index is 373. The molecule has 0 aromatic heterocycles. The number of aliphatic hydroxyl groups is 1. The fourth-order valence-corrected chi connectivity index (χ4v) is 1.24. The van der Waals surface area contributed by atoms with E-state index in [2.05, 4.69) is 0 Å². The molecule has 0 heterocycles. The summed E-state index contributed by atoms with van der Waals surface area (Å²) in [7, 11) is 0. The standard InChI is InChI=1S/C11H12ClNO2/c1-8-2-3-10(12)11(6-8)15-7-9(14)4-5-13/h2-3,6,9,14H,4,7H2,1H3. The Morgan fingerprint density at radius 3 is 3.00 bits per heavy atom. The van der Waals surface area contributed by atoms with Gasteiger partial charge < -0.3 is 9.84 Å². The van der Waals surface area contributed by atoms with Gasteiger partial charge in [-0.1, -0.05) is 17.7 Å². The molecule has 0 aliphatic carbocycles. The van der Waals surface area contributed by atoms with Crippen LogP contribution in [0.4, 0.5) is 0 Å². The summed E-state index contributed by atoms with van der Waals surface area (Å²) < 4.78 is 5.30. The third-order valence-electron chi connectivity index (χ3n) is 1.84.